The fourth-order valence-electron chi connectivity index (χ4n) is 1.35. The van der Waals surface area contributed by atoms with Crippen LogP contribution in [0.2, 0.25) is 0 Å². The van der Waals surface area contributed by atoms with Crippen molar-refractivity contribution >= 4 is 24.8 Å². The number of pyridine rings is 1. The lowest BCUT2D eigenvalue weighted by atomic mass is 10.1. The van der Waals surface area contributed by atoms with E-state index in [1.54, 1.807) is 6.20 Å². The molecule has 0 aliphatic carbocycles. The minimum atomic E-state index is 0. The van der Waals surface area contributed by atoms with Crippen LogP contribution in [0.15, 0.2) is 24.5 Å². The molecule has 0 radical (unpaired) electrons. The molecule has 0 bridgehead atoms. The first-order valence-electron chi connectivity index (χ1n) is 4.19. The number of nitrogens with zero attached hydrogens (tertiary/aromatic N) is 1. The Morgan fingerprint density at radius 3 is 2.86 bits per heavy atom. The van der Waals surface area contributed by atoms with Crippen LogP contribution in [0, 0.1) is 0 Å². The predicted octanol–water partition coefficient (Wildman–Crippen LogP) is 1.59. The van der Waals surface area contributed by atoms with Crippen molar-refractivity contribution < 1.29 is 4.74 Å². The number of halogens is 2. The highest BCUT2D eigenvalue weighted by molar-refractivity contribution is 5.85. The fraction of sp³-hybridized carbons (Fsp3) is 0.444. The molecule has 0 unspecified atom stereocenters. The quantitative estimate of drug-likeness (QED) is 0.805. The molecule has 5 heteroatoms. The van der Waals surface area contributed by atoms with Gasteiger partial charge in [-0.25, -0.2) is 0 Å². The first-order chi connectivity index (χ1) is 5.97. The normalized spacial score (nSPS) is 20.4. The van der Waals surface area contributed by atoms with E-state index in [2.05, 4.69) is 10.3 Å². The Kier molecular flexibility index (Phi) is 6.83. The Balaban J connectivity index is 0.000000845. The molecule has 1 aromatic rings. The molecule has 14 heavy (non-hydrogen) atoms. The van der Waals surface area contributed by atoms with Gasteiger partial charge in [-0.3, -0.25) is 4.98 Å². The molecule has 1 aliphatic heterocycles. The molecule has 1 fully saturated rings. The van der Waals surface area contributed by atoms with Gasteiger partial charge < -0.3 is 10.1 Å². The second-order valence-corrected chi connectivity index (χ2v) is 2.85. The first-order valence-corrected chi connectivity index (χ1v) is 4.19. The van der Waals surface area contributed by atoms with Crippen molar-refractivity contribution in [3.8, 4) is 0 Å². The number of hydrogen-bond acceptors (Lipinski definition) is 3. The van der Waals surface area contributed by atoms with Gasteiger partial charge in [-0.15, -0.1) is 24.8 Å². The molecule has 1 aliphatic rings. The van der Waals surface area contributed by atoms with E-state index < -0.39 is 0 Å². The summed E-state index contributed by atoms with van der Waals surface area (Å²) in [5.41, 5.74) is 1.16. The van der Waals surface area contributed by atoms with Gasteiger partial charge in [-0.2, -0.15) is 0 Å². The molecule has 1 N–H and O–H groups in total. The summed E-state index contributed by atoms with van der Waals surface area (Å²) in [7, 11) is 0. The number of nitrogens with one attached hydrogen (secondary N) is 1. The van der Waals surface area contributed by atoms with Crippen LogP contribution in [-0.4, -0.2) is 24.7 Å². The lowest BCUT2D eigenvalue weighted by molar-refractivity contribution is 0.0275. The summed E-state index contributed by atoms with van der Waals surface area (Å²) in [6.07, 6.45) is 3.82. The Morgan fingerprint density at radius 2 is 2.29 bits per heavy atom. The van der Waals surface area contributed by atoms with Crippen molar-refractivity contribution in [1.82, 2.24) is 10.3 Å². The number of aromatic nitrogens is 1. The van der Waals surface area contributed by atoms with Gasteiger partial charge in [0.1, 0.15) is 0 Å². The number of hydrogen-bond donors (Lipinski definition) is 1. The van der Waals surface area contributed by atoms with Gasteiger partial charge in [0, 0.05) is 31.0 Å². The Labute approximate surface area is 96.1 Å². The van der Waals surface area contributed by atoms with E-state index in [-0.39, 0.29) is 30.9 Å². The highest BCUT2D eigenvalue weighted by atomic mass is 35.5. The van der Waals surface area contributed by atoms with Gasteiger partial charge in [0.2, 0.25) is 0 Å². The minimum Gasteiger partial charge on any atom is -0.371 e. The van der Waals surface area contributed by atoms with E-state index in [1.807, 2.05) is 18.3 Å². The summed E-state index contributed by atoms with van der Waals surface area (Å²) in [5.74, 6) is 0. The summed E-state index contributed by atoms with van der Waals surface area (Å²) in [4.78, 5) is 4.05. The standard InChI is InChI=1S/C9H12N2O.2ClH/c1-2-8(6-10-3-1)9-7-11-4-5-12-9;;/h1-3,6,9,11H,4-5,7H2;2*1H/t9-;;/m1../s1. The van der Waals surface area contributed by atoms with Gasteiger partial charge >= 0.3 is 0 Å². The van der Waals surface area contributed by atoms with E-state index in [4.69, 9.17) is 4.74 Å². The minimum absolute atomic E-state index is 0. The summed E-state index contributed by atoms with van der Waals surface area (Å²) in [6, 6.07) is 3.98. The SMILES string of the molecule is Cl.Cl.c1cncc([C@H]2CNCCO2)c1. The Hall–Kier alpha value is -0.350. The zero-order valence-electron chi connectivity index (χ0n) is 7.68. The second-order valence-electron chi connectivity index (χ2n) is 2.85. The zero-order valence-corrected chi connectivity index (χ0v) is 9.31. The highest BCUT2D eigenvalue weighted by Crippen LogP contribution is 2.16. The molecule has 3 nitrogen and oxygen atoms in total. The summed E-state index contributed by atoms with van der Waals surface area (Å²) < 4.78 is 5.56. The van der Waals surface area contributed by atoms with Crippen LogP contribution >= 0.6 is 24.8 Å². The molecular formula is C9H14Cl2N2O. The molecule has 0 aromatic carbocycles. The van der Waals surface area contributed by atoms with Crippen molar-refractivity contribution in [2.75, 3.05) is 19.7 Å². The lowest BCUT2D eigenvalue weighted by Gasteiger charge is -2.23. The van der Waals surface area contributed by atoms with Gasteiger partial charge in [0.25, 0.3) is 0 Å². The van der Waals surface area contributed by atoms with Crippen molar-refractivity contribution in [2.45, 2.75) is 6.10 Å². The molecule has 0 saturated carbocycles. The number of ether oxygens (including phenoxy) is 1. The molecule has 80 valence electrons. The average molecular weight is 237 g/mol. The summed E-state index contributed by atoms with van der Waals surface area (Å²) in [5, 5.41) is 3.28. The van der Waals surface area contributed by atoms with E-state index in [1.165, 1.54) is 0 Å². The second kappa shape index (κ2) is 7.01. The monoisotopic (exact) mass is 236 g/mol. The van der Waals surface area contributed by atoms with E-state index in [0.29, 0.717) is 0 Å². The van der Waals surface area contributed by atoms with Crippen molar-refractivity contribution in [1.29, 1.82) is 0 Å². The first kappa shape index (κ1) is 13.7. The molecule has 0 spiro atoms. The molecule has 2 heterocycles. The van der Waals surface area contributed by atoms with Gasteiger partial charge in [-0.05, 0) is 6.07 Å². The fourth-order valence-corrected chi connectivity index (χ4v) is 1.35. The third kappa shape index (κ3) is 3.42. The molecule has 1 atom stereocenters. The smallest absolute Gasteiger partial charge is 0.0964 e. The van der Waals surface area contributed by atoms with Crippen LogP contribution in [0.3, 0.4) is 0 Å². The maximum atomic E-state index is 5.56. The Morgan fingerprint density at radius 1 is 1.43 bits per heavy atom. The van der Waals surface area contributed by atoms with Crippen LogP contribution < -0.4 is 5.32 Å². The Bertz CT molecular complexity index is 240. The third-order valence-electron chi connectivity index (χ3n) is 1.98. The lowest BCUT2D eigenvalue weighted by Crippen LogP contribution is -2.33. The van der Waals surface area contributed by atoms with Gasteiger partial charge in [0.15, 0.2) is 0 Å². The maximum Gasteiger partial charge on any atom is 0.0964 e. The summed E-state index contributed by atoms with van der Waals surface area (Å²) in [6.45, 7) is 2.64. The van der Waals surface area contributed by atoms with Gasteiger partial charge in [-0.1, -0.05) is 6.07 Å². The van der Waals surface area contributed by atoms with Crippen LogP contribution in [0.4, 0.5) is 0 Å². The van der Waals surface area contributed by atoms with E-state index in [0.717, 1.165) is 25.3 Å². The van der Waals surface area contributed by atoms with Crippen LogP contribution in [0.5, 0.6) is 0 Å². The number of morpholine rings is 1. The van der Waals surface area contributed by atoms with Crippen LogP contribution in [0.25, 0.3) is 0 Å². The summed E-state index contributed by atoms with van der Waals surface area (Å²) >= 11 is 0. The number of rotatable bonds is 1. The maximum absolute atomic E-state index is 5.56. The third-order valence-corrected chi connectivity index (χ3v) is 1.98. The molecule has 2 rings (SSSR count). The molecule has 0 amide bonds. The molecular weight excluding hydrogens is 223 g/mol. The van der Waals surface area contributed by atoms with Crippen LogP contribution in [0.1, 0.15) is 11.7 Å². The predicted molar refractivity (Wildman–Crippen MR) is 60.3 cm³/mol. The highest BCUT2D eigenvalue weighted by Gasteiger charge is 2.14. The molecule has 1 aromatic heterocycles. The van der Waals surface area contributed by atoms with Crippen LogP contribution in [-0.2, 0) is 4.74 Å². The van der Waals surface area contributed by atoms with Crippen molar-refractivity contribution in [2.24, 2.45) is 0 Å². The van der Waals surface area contributed by atoms with E-state index in [9.17, 15) is 0 Å². The topological polar surface area (TPSA) is 34.2 Å². The van der Waals surface area contributed by atoms with E-state index >= 15 is 0 Å². The van der Waals surface area contributed by atoms with Crippen molar-refractivity contribution in [3.05, 3.63) is 30.1 Å². The average Bonchev–Trinajstić information content (AvgIpc) is 2.21. The van der Waals surface area contributed by atoms with Crippen molar-refractivity contribution in [3.63, 3.8) is 0 Å². The largest absolute Gasteiger partial charge is 0.371 e. The molecule has 1 saturated heterocycles. The van der Waals surface area contributed by atoms with Gasteiger partial charge in [0.05, 0.1) is 12.7 Å². The zero-order chi connectivity index (χ0) is 8.23.